The fraction of sp³-hybridized carbons (Fsp3) is 0.556. The van der Waals surface area contributed by atoms with Crippen molar-refractivity contribution in [1.29, 1.82) is 0 Å². The lowest BCUT2D eigenvalue weighted by Gasteiger charge is -2.37. The maximum absolute atomic E-state index is 13.4. The van der Waals surface area contributed by atoms with Crippen LogP contribution in [0.1, 0.15) is 32.6 Å². The number of amides is 3. The average Bonchev–Trinajstić information content (AvgIpc) is 3.03. The molecule has 1 aromatic rings. The summed E-state index contributed by atoms with van der Waals surface area (Å²) in [6.45, 7) is 4.15. The van der Waals surface area contributed by atoms with Crippen LogP contribution in [0.25, 0.3) is 0 Å². The van der Waals surface area contributed by atoms with E-state index in [0.717, 1.165) is 25.8 Å². The van der Waals surface area contributed by atoms with E-state index in [-0.39, 0.29) is 18.0 Å². The van der Waals surface area contributed by atoms with Crippen molar-refractivity contribution in [2.45, 2.75) is 38.6 Å². The maximum atomic E-state index is 13.4. The van der Waals surface area contributed by atoms with E-state index < -0.39 is 5.82 Å². The number of rotatable bonds is 4. The summed E-state index contributed by atoms with van der Waals surface area (Å²) >= 11 is 0. The molecule has 0 unspecified atom stereocenters. The van der Waals surface area contributed by atoms with Gasteiger partial charge in [-0.25, -0.2) is 9.18 Å². The van der Waals surface area contributed by atoms with Crippen molar-refractivity contribution in [2.75, 3.05) is 31.6 Å². The van der Waals surface area contributed by atoms with E-state index in [4.69, 9.17) is 4.74 Å². The predicted molar refractivity (Wildman–Crippen MR) is 92.1 cm³/mol. The predicted octanol–water partition coefficient (Wildman–Crippen LogP) is 2.84. The molecule has 3 rings (SSSR count). The summed E-state index contributed by atoms with van der Waals surface area (Å²) in [5.74, 6) is 0.0931. The maximum Gasteiger partial charge on any atom is 0.322 e. The van der Waals surface area contributed by atoms with Crippen molar-refractivity contribution in [2.24, 2.45) is 0 Å². The molecule has 7 heteroatoms. The monoisotopic (exact) mass is 349 g/mol. The van der Waals surface area contributed by atoms with Crippen molar-refractivity contribution in [3.8, 4) is 5.75 Å². The molecule has 0 aromatic heterocycles. The summed E-state index contributed by atoms with van der Waals surface area (Å²) < 4.78 is 18.8. The second kappa shape index (κ2) is 7.72. The molecule has 0 saturated carbocycles. The highest BCUT2D eigenvalue weighted by molar-refractivity contribution is 5.91. The molecule has 0 spiro atoms. The van der Waals surface area contributed by atoms with E-state index in [9.17, 15) is 14.0 Å². The molecule has 2 saturated heterocycles. The third kappa shape index (κ3) is 4.03. The molecule has 3 amide bonds. The molecule has 1 N–H and O–H groups in total. The van der Waals surface area contributed by atoms with Crippen LogP contribution in [0.3, 0.4) is 0 Å². The number of nitrogens with one attached hydrogen (secondary N) is 1. The number of benzene rings is 1. The minimum absolute atomic E-state index is 0.0917. The Morgan fingerprint density at radius 3 is 2.92 bits per heavy atom. The zero-order chi connectivity index (χ0) is 17.8. The summed E-state index contributed by atoms with van der Waals surface area (Å²) in [5, 5.41) is 2.81. The Balaban J connectivity index is 1.66. The lowest BCUT2D eigenvalue weighted by atomic mass is 10.0. The normalized spacial score (nSPS) is 20.7. The van der Waals surface area contributed by atoms with Gasteiger partial charge in [0.05, 0.1) is 12.3 Å². The SMILES string of the molecule is CCOc1cc(F)ccc1NC(=O)N1CCC[C@H](N2CCCC2=O)C1. The molecule has 136 valence electrons. The second-order valence-corrected chi connectivity index (χ2v) is 6.44. The van der Waals surface area contributed by atoms with Gasteiger partial charge < -0.3 is 19.9 Å². The van der Waals surface area contributed by atoms with Crippen LogP contribution < -0.4 is 10.1 Å². The van der Waals surface area contributed by atoms with Gasteiger partial charge in [0.25, 0.3) is 0 Å². The Morgan fingerprint density at radius 1 is 1.36 bits per heavy atom. The van der Waals surface area contributed by atoms with Crippen LogP contribution in [-0.4, -0.2) is 54.0 Å². The molecular formula is C18H24FN3O3. The van der Waals surface area contributed by atoms with Crippen molar-refractivity contribution >= 4 is 17.6 Å². The van der Waals surface area contributed by atoms with Gasteiger partial charge in [-0.05, 0) is 38.3 Å². The summed E-state index contributed by atoms with van der Waals surface area (Å²) in [7, 11) is 0. The van der Waals surface area contributed by atoms with Crippen LogP contribution in [0.2, 0.25) is 0 Å². The van der Waals surface area contributed by atoms with Gasteiger partial charge in [0, 0.05) is 38.2 Å². The zero-order valence-corrected chi connectivity index (χ0v) is 14.5. The van der Waals surface area contributed by atoms with E-state index in [0.29, 0.717) is 37.6 Å². The number of likely N-dealkylation sites (tertiary alicyclic amines) is 2. The quantitative estimate of drug-likeness (QED) is 0.909. The van der Waals surface area contributed by atoms with Gasteiger partial charge in [-0.15, -0.1) is 0 Å². The number of urea groups is 1. The van der Waals surface area contributed by atoms with Crippen molar-refractivity contribution < 1.29 is 18.7 Å². The van der Waals surface area contributed by atoms with Gasteiger partial charge in [-0.2, -0.15) is 0 Å². The van der Waals surface area contributed by atoms with Gasteiger partial charge in [-0.1, -0.05) is 0 Å². The van der Waals surface area contributed by atoms with Crippen LogP contribution in [0.4, 0.5) is 14.9 Å². The molecule has 2 aliphatic heterocycles. The van der Waals surface area contributed by atoms with Gasteiger partial charge >= 0.3 is 6.03 Å². The fourth-order valence-corrected chi connectivity index (χ4v) is 3.52. The van der Waals surface area contributed by atoms with Crippen LogP contribution in [0, 0.1) is 5.82 Å². The second-order valence-electron chi connectivity index (χ2n) is 6.44. The first-order valence-electron chi connectivity index (χ1n) is 8.86. The molecule has 1 atom stereocenters. The minimum Gasteiger partial charge on any atom is -0.492 e. The molecular weight excluding hydrogens is 325 g/mol. The van der Waals surface area contributed by atoms with E-state index in [1.165, 1.54) is 18.2 Å². The molecule has 25 heavy (non-hydrogen) atoms. The molecule has 2 aliphatic rings. The number of carbonyl (C=O) groups excluding carboxylic acids is 2. The van der Waals surface area contributed by atoms with E-state index in [1.807, 2.05) is 4.90 Å². The van der Waals surface area contributed by atoms with Crippen LogP contribution in [0.5, 0.6) is 5.75 Å². The molecule has 2 fully saturated rings. The lowest BCUT2D eigenvalue weighted by molar-refractivity contribution is -0.130. The first-order valence-corrected chi connectivity index (χ1v) is 8.86. The standard InChI is InChI=1S/C18H24FN3O3/c1-2-25-16-11-13(19)7-8-15(16)20-18(24)21-9-3-5-14(12-21)22-10-4-6-17(22)23/h7-8,11,14H,2-6,9-10,12H2,1H3,(H,20,24)/t14-/m0/s1. The molecule has 0 aliphatic carbocycles. The highest BCUT2D eigenvalue weighted by atomic mass is 19.1. The van der Waals surface area contributed by atoms with Crippen LogP contribution in [-0.2, 0) is 4.79 Å². The Morgan fingerprint density at radius 2 is 2.20 bits per heavy atom. The first kappa shape index (κ1) is 17.5. The largest absolute Gasteiger partial charge is 0.492 e. The minimum atomic E-state index is -0.410. The number of piperidine rings is 1. The third-order valence-electron chi connectivity index (χ3n) is 4.72. The summed E-state index contributed by atoms with van der Waals surface area (Å²) in [5.41, 5.74) is 0.452. The van der Waals surface area contributed by atoms with Crippen LogP contribution in [0.15, 0.2) is 18.2 Å². The number of anilines is 1. The summed E-state index contributed by atoms with van der Waals surface area (Å²) in [6, 6.07) is 3.91. The Bertz CT molecular complexity index is 652. The molecule has 0 bridgehead atoms. The van der Waals surface area contributed by atoms with Crippen molar-refractivity contribution in [3.63, 3.8) is 0 Å². The highest BCUT2D eigenvalue weighted by Crippen LogP contribution is 2.27. The number of hydrogen-bond acceptors (Lipinski definition) is 3. The Hall–Kier alpha value is -2.31. The topological polar surface area (TPSA) is 61.9 Å². The fourth-order valence-electron chi connectivity index (χ4n) is 3.52. The summed E-state index contributed by atoms with van der Waals surface area (Å²) in [6.07, 6.45) is 3.30. The Labute approximate surface area is 146 Å². The molecule has 2 heterocycles. The number of ether oxygens (including phenoxy) is 1. The van der Waals surface area contributed by atoms with Crippen molar-refractivity contribution in [1.82, 2.24) is 9.80 Å². The van der Waals surface area contributed by atoms with E-state index in [2.05, 4.69) is 5.32 Å². The van der Waals surface area contributed by atoms with E-state index in [1.54, 1.807) is 11.8 Å². The lowest BCUT2D eigenvalue weighted by Crippen LogP contribution is -2.51. The van der Waals surface area contributed by atoms with Gasteiger partial charge in [-0.3, -0.25) is 4.79 Å². The Kier molecular flexibility index (Phi) is 5.40. The third-order valence-corrected chi connectivity index (χ3v) is 4.72. The smallest absolute Gasteiger partial charge is 0.322 e. The number of nitrogens with zero attached hydrogens (tertiary/aromatic N) is 2. The van der Waals surface area contributed by atoms with Crippen LogP contribution >= 0.6 is 0 Å². The molecule has 6 nitrogen and oxygen atoms in total. The van der Waals surface area contributed by atoms with Gasteiger partial charge in [0.15, 0.2) is 0 Å². The molecule has 1 aromatic carbocycles. The van der Waals surface area contributed by atoms with E-state index >= 15 is 0 Å². The van der Waals surface area contributed by atoms with Gasteiger partial charge in [0.1, 0.15) is 11.6 Å². The molecule has 0 radical (unpaired) electrons. The number of halogens is 1. The summed E-state index contributed by atoms with van der Waals surface area (Å²) in [4.78, 5) is 28.2. The zero-order valence-electron chi connectivity index (χ0n) is 14.5. The number of carbonyl (C=O) groups is 2. The highest BCUT2D eigenvalue weighted by Gasteiger charge is 2.32. The van der Waals surface area contributed by atoms with Crippen molar-refractivity contribution in [3.05, 3.63) is 24.0 Å². The number of hydrogen-bond donors (Lipinski definition) is 1. The average molecular weight is 349 g/mol. The first-order chi connectivity index (χ1) is 12.1. The van der Waals surface area contributed by atoms with Gasteiger partial charge in [0.2, 0.25) is 5.91 Å².